The molecule has 2 amide bonds. The molecule has 0 saturated carbocycles. The SMILES string of the molecule is CC#CC(=O)N1CCC(c2ccc(C(N)=O)c(-c3ccc(OC(/C=C\CC)=NCC)cc3)n2)CC1. The number of benzene rings is 1. The highest BCUT2D eigenvalue weighted by atomic mass is 16.5. The summed E-state index contributed by atoms with van der Waals surface area (Å²) in [5.41, 5.74) is 8.23. The maximum Gasteiger partial charge on any atom is 0.298 e. The van der Waals surface area contributed by atoms with Crippen LogP contribution in [0.25, 0.3) is 11.3 Å². The molecule has 1 aliphatic heterocycles. The molecule has 1 aromatic heterocycles. The zero-order valence-corrected chi connectivity index (χ0v) is 20.6. The zero-order chi connectivity index (χ0) is 25.2. The summed E-state index contributed by atoms with van der Waals surface area (Å²) >= 11 is 0. The van der Waals surface area contributed by atoms with Gasteiger partial charge in [0.25, 0.3) is 11.8 Å². The summed E-state index contributed by atoms with van der Waals surface area (Å²) in [7, 11) is 0. The Morgan fingerprint density at radius 1 is 1.17 bits per heavy atom. The molecule has 2 N–H and O–H groups in total. The van der Waals surface area contributed by atoms with Crippen LogP contribution in [-0.2, 0) is 4.79 Å². The molecule has 1 saturated heterocycles. The van der Waals surface area contributed by atoms with Gasteiger partial charge in [0.05, 0.1) is 11.3 Å². The van der Waals surface area contributed by atoms with Gasteiger partial charge in [-0.25, -0.2) is 0 Å². The van der Waals surface area contributed by atoms with Crippen LogP contribution in [0, 0.1) is 11.8 Å². The van der Waals surface area contributed by atoms with Crippen LogP contribution in [0.3, 0.4) is 0 Å². The van der Waals surface area contributed by atoms with Crippen LogP contribution in [0.5, 0.6) is 5.75 Å². The lowest BCUT2D eigenvalue weighted by atomic mass is 9.91. The molecule has 3 rings (SSSR count). The maximum absolute atomic E-state index is 12.1. The Kier molecular flexibility index (Phi) is 9.19. The van der Waals surface area contributed by atoms with Crippen molar-refractivity contribution in [3.8, 4) is 28.8 Å². The van der Waals surface area contributed by atoms with Gasteiger partial charge < -0.3 is 15.4 Å². The summed E-state index contributed by atoms with van der Waals surface area (Å²) in [5.74, 6) is 5.99. The molecule has 7 heteroatoms. The quantitative estimate of drug-likeness (QED) is 0.368. The van der Waals surface area contributed by atoms with E-state index in [1.807, 2.05) is 49.4 Å². The van der Waals surface area contributed by atoms with E-state index >= 15 is 0 Å². The van der Waals surface area contributed by atoms with Crippen LogP contribution < -0.4 is 10.5 Å². The van der Waals surface area contributed by atoms with Crippen molar-refractivity contribution in [3.63, 3.8) is 0 Å². The third-order valence-corrected chi connectivity index (χ3v) is 5.77. The van der Waals surface area contributed by atoms with E-state index in [4.69, 9.17) is 15.5 Å². The molecule has 0 spiro atoms. The van der Waals surface area contributed by atoms with Gasteiger partial charge in [0, 0.05) is 36.8 Å². The summed E-state index contributed by atoms with van der Waals surface area (Å²) in [5, 5.41) is 0. The molecule has 1 aliphatic rings. The van der Waals surface area contributed by atoms with Gasteiger partial charge in [-0.1, -0.05) is 18.9 Å². The van der Waals surface area contributed by atoms with Crippen LogP contribution in [0.4, 0.5) is 0 Å². The van der Waals surface area contributed by atoms with Crippen LogP contribution in [0.2, 0.25) is 0 Å². The molecule has 1 fully saturated rings. The molecule has 2 aromatic rings. The number of primary amides is 1. The number of carbonyl (C=O) groups excluding carboxylic acids is 2. The van der Waals surface area contributed by atoms with Crippen molar-refractivity contribution in [2.75, 3.05) is 19.6 Å². The van der Waals surface area contributed by atoms with Crippen molar-refractivity contribution < 1.29 is 14.3 Å². The number of hydrogen-bond acceptors (Lipinski definition) is 5. The van der Waals surface area contributed by atoms with Crippen molar-refractivity contribution >= 4 is 17.7 Å². The molecule has 0 aliphatic carbocycles. The minimum Gasteiger partial charge on any atom is -0.439 e. The first-order valence-corrected chi connectivity index (χ1v) is 12.0. The largest absolute Gasteiger partial charge is 0.439 e. The molecule has 0 atom stereocenters. The summed E-state index contributed by atoms with van der Waals surface area (Å²) in [6.07, 6.45) is 6.33. The molecule has 182 valence electrons. The maximum atomic E-state index is 12.1. The van der Waals surface area contributed by atoms with Crippen LogP contribution in [0.15, 0.2) is 53.5 Å². The van der Waals surface area contributed by atoms with Crippen LogP contribution >= 0.6 is 0 Å². The Hall–Kier alpha value is -3.92. The van der Waals surface area contributed by atoms with Gasteiger partial charge in [-0.3, -0.25) is 19.6 Å². The number of piperidine rings is 1. The third kappa shape index (κ3) is 6.80. The molecule has 0 unspecified atom stereocenters. The van der Waals surface area contributed by atoms with Crippen molar-refractivity contribution in [1.82, 2.24) is 9.88 Å². The highest BCUT2D eigenvalue weighted by Crippen LogP contribution is 2.31. The van der Waals surface area contributed by atoms with Gasteiger partial charge in [-0.2, -0.15) is 0 Å². The lowest BCUT2D eigenvalue weighted by Crippen LogP contribution is -2.37. The Bertz CT molecular complexity index is 1160. The number of amides is 2. The normalized spacial score (nSPS) is 14.5. The fourth-order valence-corrected chi connectivity index (χ4v) is 3.98. The lowest BCUT2D eigenvalue weighted by Gasteiger charge is -2.30. The Labute approximate surface area is 207 Å². The van der Waals surface area contributed by atoms with Gasteiger partial charge in [0.15, 0.2) is 0 Å². The predicted octanol–water partition coefficient (Wildman–Crippen LogP) is 4.34. The minimum atomic E-state index is -0.528. The topological polar surface area (TPSA) is 97.9 Å². The number of pyridine rings is 1. The van der Waals surface area contributed by atoms with E-state index in [2.05, 4.69) is 23.8 Å². The van der Waals surface area contributed by atoms with E-state index in [1.165, 1.54) is 0 Å². The van der Waals surface area contributed by atoms with Crippen molar-refractivity contribution in [2.45, 2.75) is 46.0 Å². The van der Waals surface area contributed by atoms with Gasteiger partial charge in [0.2, 0.25) is 5.90 Å². The number of aliphatic imine (C=N–C) groups is 1. The number of ether oxygens (including phenoxy) is 1. The second-order valence-corrected chi connectivity index (χ2v) is 8.19. The van der Waals surface area contributed by atoms with E-state index < -0.39 is 5.91 Å². The number of carbonyl (C=O) groups is 2. The first kappa shape index (κ1) is 25.7. The van der Waals surface area contributed by atoms with Crippen LogP contribution in [-0.4, -0.2) is 47.2 Å². The smallest absolute Gasteiger partial charge is 0.298 e. The first-order valence-electron chi connectivity index (χ1n) is 12.0. The van der Waals surface area contributed by atoms with E-state index in [1.54, 1.807) is 17.9 Å². The standard InChI is InChI=1S/C28H32N4O3/c1-4-7-9-25(30-6-3)35-22-12-10-21(11-13-22)27-23(28(29)34)14-15-24(31-27)20-16-18-32(19-17-20)26(33)8-5-2/h7,9-15,20H,4,6,16-19H2,1-3H3,(H2,29,34)/b9-7-,30-25?. The molecule has 35 heavy (non-hydrogen) atoms. The second-order valence-electron chi connectivity index (χ2n) is 8.19. The first-order chi connectivity index (χ1) is 17.0. The average Bonchev–Trinajstić information content (AvgIpc) is 2.87. The molecule has 2 heterocycles. The Balaban J connectivity index is 1.82. The van der Waals surface area contributed by atoms with Gasteiger partial charge in [-0.05, 0) is 81.5 Å². The third-order valence-electron chi connectivity index (χ3n) is 5.77. The summed E-state index contributed by atoms with van der Waals surface area (Å²) in [6, 6.07) is 11.0. The molecule has 0 radical (unpaired) electrons. The number of allylic oxidation sites excluding steroid dienone is 1. The highest BCUT2D eigenvalue weighted by molar-refractivity contribution is 5.99. The van der Waals surface area contributed by atoms with E-state index in [9.17, 15) is 9.59 Å². The number of likely N-dealkylation sites (tertiary alicyclic amines) is 1. The number of aromatic nitrogens is 1. The van der Waals surface area contributed by atoms with Crippen molar-refractivity contribution in [2.24, 2.45) is 10.7 Å². The fraction of sp³-hybridized carbons (Fsp3) is 0.357. The fourth-order valence-electron chi connectivity index (χ4n) is 3.98. The van der Waals surface area contributed by atoms with Gasteiger partial charge in [0.1, 0.15) is 5.75 Å². The summed E-state index contributed by atoms with van der Waals surface area (Å²) < 4.78 is 5.90. The summed E-state index contributed by atoms with van der Waals surface area (Å²) in [6.45, 7) is 7.56. The average molecular weight is 473 g/mol. The number of nitrogens with zero attached hydrogens (tertiary/aromatic N) is 3. The van der Waals surface area contributed by atoms with Gasteiger partial charge in [-0.15, -0.1) is 0 Å². The van der Waals surface area contributed by atoms with E-state index in [-0.39, 0.29) is 11.8 Å². The number of nitrogens with two attached hydrogens (primary N) is 1. The monoisotopic (exact) mass is 472 g/mol. The van der Waals surface area contributed by atoms with Crippen molar-refractivity contribution in [1.29, 1.82) is 0 Å². The minimum absolute atomic E-state index is 0.136. The predicted molar refractivity (Wildman–Crippen MR) is 138 cm³/mol. The molecule has 7 nitrogen and oxygen atoms in total. The molecule has 1 aromatic carbocycles. The Morgan fingerprint density at radius 3 is 2.49 bits per heavy atom. The van der Waals surface area contributed by atoms with Crippen molar-refractivity contribution in [3.05, 3.63) is 59.8 Å². The van der Waals surface area contributed by atoms with Gasteiger partial charge >= 0.3 is 0 Å². The Morgan fingerprint density at radius 2 is 1.89 bits per heavy atom. The van der Waals surface area contributed by atoms with E-state index in [0.717, 1.165) is 30.5 Å². The molecular formula is C28H32N4O3. The lowest BCUT2D eigenvalue weighted by molar-refractivity contribution is -0.126. The second kappa shape index (κ2) is 12.5. The molecular weight excluding hydrogens is 440 g/mol. The summed E-state index contributed by atoms with van der Waals surface area (Å²) in [4.78, 5) is 35.2. The number of hydrogen-bond donors (Lipinski definition) is 1. The molecule has 0 bridgehead atoms. The van der Waals surface area contributed by atoms with Crippen LogP contribution in [0.1, 0.15) is 62.0 Å². The zero-order valence-electron chi connectivity index (χ0n) is 20.6. The van der Waals surface area contributed by atoms with E-state index in [0.29, 0.717) is 42.5 Å². The number of rotatable bonds is 7. The highest BCUT2D eigenvalue weighted by Gasteiger charge is 2.25.